The summed E-state index contributed by atoms with van der Waals surface area (Å²) in [6, 6.07) is 6.82. The van der Waals surface area contributed by atoms with E-state index in [1.807, 2.05) is 0 Å². The van der Waals surface area contributed by atoms with E-state index in [1.165, 1.54) is 18.4 Å². The fraction of sp³-hybridized carbons (Fsp3) is 0.350. The van der Waals surface area contributed by atoms with Crippen molar-refractivity contribution < 1.29 is 18.8 Å². The molecule has 0 spiro atoms. The molecule has 1 aromatic carbocycles. The van der Waals surface area contributed by atoms with Crippen molar-refractivity contribution in [2.24, 2.45) is 0 Å². The lowest BCUT2D eigenvalue weighted by atomic mass is 9.91. The molecule has 136 valence electrons. The van der Waals surface area contributed by atoms with Gasteiger partial charge >= 0.3 is 5.97 Å². The number of hydrogen-bond donors (Lipinski definition) is 1. The van der Waals surface area contributed by atoms with E-state index in [2.05, 4.69) is 11.6 Å². The number of allylic oxidation sites excluding steroid dienone is 1. The Morgan fingerprint density at radius 1 is 1.12 bits per heavy atom. The molecule has 5 nitrogen and oxygen atoms in total. The molecule has 0 unspecified atom stereocenters. The first-order valence-electron chi connectivity index (χ1n) is 8.88. The van der Waals surface area contributed by atoms with Crippen molar-refractivity contribution in [3.05, 3.63) is 58.0 Å². The Hall–Kier alpha value is -2.40. The van der Waals surface area contributed by atoms with Gasteiger partial charge in [0.05, 0.1) is 5.70 Å². The molecule has 0 fully saturated rings. The number of rotatable bonds is 5. The summed E-state index contributed by atoms with van der Waals surface area (Å²) in [5.41, 5.74) is 5.97. The third-order valence-corrected chi connectivity index (χ3v) is 4.93. The van der Waals surface area contributed by atoms with Gasteiger partial charge < -0.3 is 14.0 Å². The van der Waals surface area contributed by atoms with Crippen molar-refractivity contribution in [1.82, 2.24) is 5.48 Å². The number of halogens is 1. The molecule has 0 bridgehead atoms. The van der Waals surface area contributed by atoms with Crippen LogP contribution in [-0.4, -0.2) is 12.6 Å². The Morgan fingerprint density at radius 3 is 2.77 bits per heavy atom. The van der Waals surface area contributed by atoms with Crippen LogP contribution >= 0.6 is 11.6 Å². The number of furan rings is 1. The molecule has 0 atom stereocenters. The van der Waals surface area contributed by atoms with Crippen molar-refractivity contribution in [1.29, 1.82) is 0 Å². The van der Waals surface area contributed by atoms with Crippen molar-refractivity contribution >= 4 is 23.3 Å². The molecule has 0 aliphatic heterocycles. The molecule has 0 radical (unpaired) electrons. The number of aryl methyl sites for hydroxylation is 2. The van der Waals surface area contributed by atoms with E-state index < -0.39 is 5.97 Å². The molecule has 1 N–H and O–H groups in total. The lowest BCUT2D eigenvalue weighted by molar-refractivity contribution is -0.150. The van der Waals surface area contributed by atoms with Crippen LogP contribution in [0.3, 0.4) is 0 Å². The average Bonchev–Trinajstić information content (AvgIpc) is 3.05. The lowest BCUT2D eigenvalue weighted by Crippen LogP contribution is -2.25. The van der Waals surface area contributed by atoms with Gasteiger partial charge in [0.15, 0.2) is 6.61 Å². The molecule has 0 saturated carbocycles. The maximum absolute atomic E-state index is 12.0. The summed E-state index contributed by atoms with van der Waals surface area (Å²) in [7, 11) is 0. The standard InChI is InChI=1S/C20H20ClNO4/c21-13-8-10-14(11-9-13)24-12-19(23)26-22-16-5-3-7-18-20(16)15-4-1-2-6-17(15)25-18/h5,8-11,22H,1-4,6-7,12H2. The van der Waals surface area contributed by atoms with Crippen molar-refractivity contribution in [3.63, 3.8) is 0 Å². The number of hydrogen-bond acceptors (Lipinski definition) is 5. The number of fused-ring (bicyclic) bond motifs is 3. The zero-order chi connectivity index (χ0) is 17.9. The summed E-state index contributed by atoms with van der Waals surface area (Å²) in [5.74, 6) is 2.16. The van der Waals surface area contributed by atoms with Crippen molar-refractivity contribution in [3.8, 4) is 5.75 Å². The number of nitrogens with one attached hydrogen (secondary N) is 1. The third-order valence-electron chi connectivity index (χ3n) is 4.68. The van der Waals surface area contributed by atoms with E-state index in [-0.39, 0.29) is 6.61 Å². The van der Waals surface area contributed by atoms with E-state index in [4.69, 9.17) is 25.6 Å². The smallest absolute Gasteiger partial charge is 0.369 e. The molecule has 6 heteroatoms. The van der Waals surface area contributed by atoms with Crippen LogP contribution in [0.1, 0.15) is 41.9 Å². The highest BCUT2D eigenvalue weighted by molar-refractivity contribution is 6.30. The minimum atomic E-state index is -0.495. The Labute approximate surface area is 156 Å². The highest BCUT2D eigenvalue weighted by atomic mass is 35.5. The first kappa shape index (κ1) is 17.0. The molecular formula is C20H20ClNO4. The van der Waals surface area contributed by atoms with Crippen LogP contribution in [0.2, 0.25) is 5.02 Å². The van der Waals surface area contributed by atoms with Crippen LogP contribution in [0, 0.1) is 0 Å². The van der Waals surface area contributed by atoms with Gasteiger partial charge in [-0.15, -0.1) is 0 Å². The zero-order valence-corrected chi connectivity index (χ0v) is 15.1. The number of ether oxygens (including phenoxy) is 1. The van der Waals surface area contributed by atoms with Gasteiger partial charge in [-0.05, 0) is 49.9 Å². The van der Waals surface area contributed by atoms with Crippen LogP contribution in [0.15, 0.2) is 34.8 Å². The monoisotopic (exact) mass is 373 g/mol. The Morgan fingerprint density at radius 2 is 1.92 bits per heavy atom. The number of hydroxylamine groups is 1. The summed E-state index contributed by atoms with van der Waals surface area (Å²) < 4.78 is 11.4. The minimum absolute atomic E-state index is 0.182. The van der Waals surface area contributed by atoms with Gasteiger partial charge in [0.1, 0.15) is 17.3 Å². The maximum atomic E-state index is 12.0. The molecule has 0 saturated heterocycles. The molecule has 0 amide bonds. The quantitative estimate of drug-likeness (QED) is 0.795. The highest BCUT2D eigenvalue weighted by Crippen LogP contribution is 2.36. The number of benzene rings is 1. The van der Waals surface area contributed by atoms with Crippen LogP contribution in [0.5, 0.6) is 5.75 Å². The predicted molar refractivity (Wildman–Crippen MR) is 97.8 cm³/mol. The first-order chi connectivity index (χ1) is 12.7. The van der Waals surface area contributed by atoms with Crippen LogP contribution in [0.4, 0.5) is 0 Å². The summed E-state index contributed by atoms with van der Waals surface area (Å²) >= 11 is 5.82. The molecule has 1 aromatic heterocycles. The second-order valence-electron chi connectivity index (χ2n) is 6.48. The summed E-state index contributed by atoms with van der Waals surface area (Å²) in [4.78, 5) is 17.2. The van der Waals surface area contributed by atoms with E-state index in [0.717, 1.165) is 48.5 Å². The van der Waals surface area contributed by atoms with Gasteiger partial charge in [-0.25, -0.2) is 10.3 Å². The molecule has 2 aliphatic carbocycles. The molecule has 2 aliphatic rings. The fourth-order valence-corrected chi connectivity index (χ4v) is 3.59. The van der Waals surface area contributed by atoms with Gasteiger partial charge in [0.25, 0.3) is 0 Å². The van der Waals surface area contributed by atoms with Gasteiger partial charge in [0.2, 0.25) is 0 Å². The van der Waals surface area contributed by atoms with E-state index in [0.29, 0.717) is 10.8 Å². The fourth-order valence-electron chi connectivity index (χ4n) is 3.47. The van der Waals surface area contributed by atoms with Crippen molar-refractivity contribution in [2.45, 2.75) is 38.5 Å². The third kappa shape index (κ3) is 3.58. The zero-order valence-electron chi connectivity index (χ0n) is 14.3. The Bertz CT molecular complexity index is 838. The largest absolute Gasteiger partial charge is 0.482 e. The molecule has 4 rings (SSSR count). The minimum Gasteiger partial charge on any atom is -0.482 e. The van der Waals surface area contributed by atoms with Gasteiger partial charge in [-0.1, -0.05) is 17.7 Å². The molecule has 26 heavy (non-hydrogen) atoms. The topological polar surface area (TPSA) is 60.7 Å². The lowest BCUT2D eigenvalue weighted by Gasteiger charge is -2.17. The van der Waals surface area contributed by atoms with Gasteiger partial charge in [-0.3, -0.25) is 0 Å². The highest BCUT2D eigenvalue weighted by Gasteiger charge is 2.27. The number of carbonyl (C=O) groups excluding carboxylic acids is 1. The van der Waals surface area contributed by atoms with Crippen LogP contribution in [-0.2, 0) is 28.9 Å². The Kier molecular flexibility index (Phi) is 4.89. The number of carbonyl (C=O) groups is 1. The summed E-state index contributed by atoms with van der Waals surface area (Å²) in [5, 5.41) is 0.616. The SMILES string of the molecule is O=C(COc1ccc(Cl)cc1)ONC1=CCCc2oc3c(c21)CCCC3. The molecule has 1 heterocycles. The van der Waals surface area contributed by atoms with E-state index in [1.54, 1.807) is 24.3 Å². The van der Waals surface area contributed by atoms with Crippen molar-refractivity contribution in [2.75, 3.05) is 6.61 Å². The first-order valence-corrected chi connectivity index (χ1v) is 9.26. The summed E-state index contributed by atoms with van der Waals surface area (Å²) in [6.07, 6.45) is 8.15. The maximum Gasteiger partial charge on any atom is 0.369 e. The van der Waals surface area contributed by atoms with E-state index >= 15 is 0 Å². The average molecular weight is 374 g/mol. The second kappa shape index (κ2) is 7.46. The van der Waals surface area contributed by atoms with E-state index in [9.17, 15) is 4.79 Å². The molecule has 2 aromatic rings. The predicted octanol–water partition coefficient (Wildman–Crippen LogP) is 4.23. The summed E-state index contributed by atoms with van der Waals surface area (Å²) in [6.45, 7) is -0.182. The molecular weight excluding hydrogens is 354 g/mol. The van der Waals surface area contributed by atoms with Crippen LogP contribution < -0.4 is 10.2 Å². The normalized spacial score (nSPS) is 15.5. The van der Waals surface area contributed by atoms with Gasteiger partial charge in [0, 0.05) is 29.0 Å². The second-order valence-corrected chi connectivity index (χ2v) is 6.92. The Balaban J connectivity index is 1.36. The van der Waals surface area contributed by atoms with Crippen LogP contribution in [0.25, 0.3) is 5.70 Å². The van der Waals surface area contributed by atoms with Gasteiger partial charge in [-0.2, -0.15) is 0 Å².